The molecule has 3 aromatic rings. The number of hydrogen-bond acceptors (Lipinski definition) is 5. The molecule has 3 N–H and O–H groups in total. The van der Waals surface area contributed by atoms with Gasteiger partial charge in [0, 0.05) is 45.3 Å². The van der Waals surface area contributed by atoms with E-state index in [0.29, 0.717) is 26.7 Å². The lowest BCUT2D eigenvalue weighted by molar-refractivity contribution is 0.101. The van der Waals surface area contributed by atoms with Crippen molar-refractivity contribution in [2.45, 2.75) is 23.6 Å². The molecule has 160 valence electrons. The Hall–Kier alpha value is -2.82. The second-order valence-corrected chi connectivity index (χ2v) is 10.1. The van der Waals surface area contributed by atoms with Crippen LogP contribution in [0.4, 0.5) is 5.69 Å². The summed E-state index contributed by atoms with van der Waals surface area (Å²) >= 11 is 7.20. The minimum Gasteiger partial charge on any atom is -0.369 e. The number of halogens is 1. The molecule has 1 aromatic heterocycles. The van der Waals surface area contributed by atoms with Crippen molar-refractivity contribution < 1.29 is 13.2 Å². The van der Waals surface area contributed by atoms with Gasteiger partial charge in [0.15, 0.2) is 11.7 Å². The van der Waals surface area contributed by atoms with E-state index in [2.05, 4.69) is 14.7 Å². The number of nitrogens with two attached hydrogens (primary N) is 1. The van der Waals surface area contributed by atoms with E-state index in [1.807, 2.05) is 17.7 Å². The number of fused-ring (bicyclic) bond motifs is 2. The number of nitrogens with one attached hydrogen (secondary N) is 1. The lowest BCUT2D eigenvalue weighted by Crippen LogP contribution is -2.24. The highest BCUT2D eigenvalue weighted by atomic mass is 35.5. The summed E-state index contributed by atoms with van der Waals surface area (Å²) < 4.78 is 30.7. The SMILES string of the molecule is CC(=O)c1cn(C)c2ccc(N/C(N)=N\C3=NS(=O)(=O)c4cc(C)c(Cl)cc4S3)cc12. The highest BCUT2D eigenvalue weighted by Gasteiger charge is 2.27. The first-order valence-corrected chi connectivity index (χ1v) is 11.7. The van der Waals surface area contributed by atoms with Gasteiger partial charge in [0.05, 0.1) is 0 Å². The van der Waals surface area contributed by atoms with Crippen molar-refractivity contribution in [3.05, 3.63) is 52.7 Å². The minimum absolute atomic E-state index is 0.0253. The van der Waals surface area contributed by atoms with Crippen LogP contribution in [0.2, 0.25) is 5.02 Å². The Kier molecular flexibility index (Phi) is 5.32. The monoisotopic (exact) mass is 475 g/mol. The summed E-state index contributed by atoms with van der Waals surface area (Å²) in [6.07, 6.45) is 1.77. The third-order valence-electron chi connectivity index (χ3n) is 4.76. The third-order valence-corrected chi connectivity index (χ3v) is 7.64. The number of carbonyl (C=O) groups is 1. The maximum absolute atomic E-state index is 12.5. The van der Waals surface area contributed by atoms with Crippen molar-refractivity contribution in [3.8, 4) is 0 Å². The molecule has 1 aliphatic heterocycles. The van der Waals surface area contributed by atoms with Crippen LogP contribution in [0.5, 0.6) is 0 Å². The molecule has 4 rings (SSSR count). The van der Waals surface area contributed by atoms with Crippen molar-refractivity contribution in [1.29, 1.82) is 0 Å². The molecule has 0 spiro atoms. The predicted molar refractivity (Wildman–Crippen MR) is 125 cm³/mol. The number of hydrogen-bond donors (Lipinski definition) is 2. The molecule has 2 heterocycles. The number of aliphatic imine (C=N–C) groups is 1. The largest absolute Gasteiger partial charge is 0.369 e. The first-order valence-electron chi connectivity index (χ1n) is 9.09. The van der Waals surface area contributed by atoms with Crippen molar-refractivity contribution in [2.75, 3.05) is 5.32 Å². The van der Waals surface area contributed by atoms with E-state index in [0.717, 1.165) is 22.7 Å². The molecule has 0 bridgehead atoms. The van der Waals surface area contributed by atoms with Crippen LogP contribution in [-0.4, -0.2) is 29.9 Å². The maximum atomic E-state index is 12.5. The van der Waals surface area contributed by atoms with Gasteiger partial charge in [0.25, 0.3) is 10.0 Å². The highest BCUT2D eigenvalue weighted by Crippen LogP contribution is 2.37. The number of benzene rings is 2. The van der Waals surface area contributed by atoms with Crippen LogP contribution in [0.15, 0.2) is 55.7 Å². The van der Waals surface area contributed by atoms with Gasteiger partial charge in [-0.15, -0.1) is 4.40 Å². The number of rotatable bonds is 2. The summed E-state index contributed by atoms with van der Waals surface area (Å²) in [6, 6.07) is 8.51. The lowest BCUT2D eigenvalue weighted by Gasteiger charge is -2.15. The zero-order valence-corrected chi connectivity index (χ0v) is 19.2. The Morgan fingerprint density at radius 2 is 2.03 bits per heavy atom. The molecule has 2 aromatic carbocycles. The van der Waals surface area contributed by atoms with E-state index in [-0.39, 0.29) is 21.8 Å². The van der Waals surface area contributed by atoms with Crippen LogP contribution in [0.1, 0.15) is 22.8 Å². The molecule has 0 amide bonds. The minimum atomic E-state index is -3.91. The number of sulfonamides is 1. The van der Waals surface area contributed by atoms with Crippen molar-refractivity contribution >= 4 is 66.9 Å². The summed E-state index contributed by atoms with van der Waals surface area (Å²) in [5.74, 6) is -0.0853. The van der Waals surface area contributed by atoms with E-state index in [9.17, 15) is 13.2 Å². The Bertz CT molecular complexity index is 1420. The third kappa shape index (κ3) is 4.06. The van der Waals surface area contributed by atoms with Crippen LogP contribution < -0.4 is 11.1 Å². The Balaban J connectivity index is 1.65. The molecule has 0 saturated heterocycles. The zero-order valence-electron chi connectivity index (χ0n) is 16.8. The Labute approximate surface area is 188 Å². The van der Waals surface area contributed by atoms with Gasteiger partial charge in [-0.3, -0.25) is 4.79 Å². The van der Waals surface area contributed by atoms with Gasteiger partial charge in [0.1, 0.15) is 4.90 Å². The topological polar surface area (TPSA) is 119 Å². The molecule has 11 heteroatoms. The molecule has 0 saturated carbocycles. The van der Waals surface area contributed by atoms with Crippen LogP contribution in [-0.2, 0) is 17.1 Å². The van der Waals surface area contributed by atoms with Crippen LogP contribution >= 0.6 is 23.4 Å². The van der Waals surface area contributed by atoms with E-state index < -0.39 is 10.0 Å². The number of thioether (sulfide) groups is 1. The molecule has 0 aliphatic carbocycles. The number of amidine groups is 1. The smallest absolute Gasteiger partial charge is 0.285 e. The lowest BCUT2D eigenvalue weighted by atomic mass is 10.1. The standard InChI is InChI=1S/C20H18ClN5O3S2/c1-10-6-18-17(8-15(10)21)30-20(25-31(18,28)29)24-19(22)23-12-4-5-16-13(7-12)14(11(2)27)9-26(16)3/h4-9H,1-3H3,(H3,22,23,24,25). The fourth-order valence-corrected chi connectivity index (χ4v) is 6.03. The van der Waals surface area contributed by atoms with E-state index in [1.54, 1.807) is 31.3 Å². The van der Waals surface area contributed by atoms with Gasteiger partial charge in [-0.25, -0.2) is 0 Å². The summed E-state index contributed by atoms with van der Waals surface area (Å²) in [6.45, 7) is 3.23. The first kappa shape index (κ1) is 21.4. The summed E-state index contributed by atoms with van der Waals surface area (Å²) in [5, 5.41) is 4.13. The van der Waals surface area contributed by atoms with Gasteiger partial charge in [-0.2, -0.15) is 13.4 Å². The van der Waals surface area contributed by atoms with Crippen LogP contribution in [0, 0.1) is 6.92 Å². The number of ketones is 1. The van der Waals surface area contributed by atoms with E-state index in [1.165, 1.54) is 13.0 Å². The van der Waals surface area contributed by atoms with Gasteiger partial charge in [0.2, 0.25) is 5.17 Å². The number of aryl methyl sites for hydroxylation is 2. The van der Waals surface area contributed by atoms with Crippen molar-refractivity contribution in [2.24, 2.45) is 22.2 Å². The fourth-order valence-electron chi connectivity index (χ4n) is 3.26. The summed E-state index contributed by atoms with van der Waals surface area (Å²) in [4.78, 5) is 16.6. The molecule has 0 fully saturated rings. The Morgan fingerprint density at radius 3 is 2.74 bits per heavy atom. The van der Waals surface area contributed by atoms with Gasteiger partial charge < -0.3 is 15.6 Å². The second-order valence-electron chi connectivity index (χ2n) is 7.06. The van der Waals surface area contributed by atoms with Gasteiger partial charge in [-0.05, 0) is 61.5 Å². The molecule has 0 unspecified atom stereocenters. The highest BCUT2D eigenvalue weighted by molar-refractivity contribution is 8.15. The Morgan fingerprint density at radius 1 is 1.29 bits per heavy atom. The van der Waals surface area contributed by atoms with E-state index >= 15 is 0 Å². The van der Waals surface area contributed by atoms with Gasteiger partial charge in [-0.1, -0.05) is 11.6 Å². The number of nitrogens with zero attached hydrogens (tertiary/aromatic N) is 3. The molecule has 0 radical (unpaired) electrons. The average Bonchev–Trinajstić information content (AvgIpc) is 2.99. The average molecular weight is 476 g/mol. The van der Waals surface area contributed by atoms with Crippen LogP contribution in [0.25, 0.3) is 10.9 Å². The van der Waals surface area contributed by atoms with Gasteiger partial charge >= 0.3 is 0 Å². The van der Waals surface area contributed by atoms with Crippen molar-refractivity contribution in [3.63, 3.8) is 0 Å². The normalized spacial score (nSPS) is 15.5. The second kappa shape index (κ2) is 7.70. The molecule has 0 atom stereocenters. The molecule has 1 aliphatic rings. The molecule has 31 heavy (non-hydrogen) atoms. The van der Waals surface area contributed by atoms with E-state index in [4.69, 9.17) is 17.3 Å². The first-order chi connectivity index (χ1) is 14.5. The fraction of sp³-hybridized carbons (Fsp3) is 0.150. The van der Waals surface area contributed by atoms with Crippen LogP contribution in [0.3, 0.4) is 0 Å². The molecular formula is C20H18ClN5O3S2. The number of guanidine groups is 1. The predicted octanol–water partition coefficient (Wildman–Crippen LogP) is 3.92. The number of anilines is 1. The zero-order chi connectivity index (χ0) is 22.5. The quantitative estimate of drug-likeness (QED) is 0.329. The summed E-state index contributed by atoms with van der Waals surface area (Å²) in [5.41, 5.74) is 8.74. The number of carbonyl (C=O) groups excluding carboxylic acids is 1. The molecular weight excluding hydrogens is 458 g/mol. The van der Waals surface area contributed by atoms with Crippen molar-refractivity contribution in [1.82, 2.24) is 4.57 Å². The molecule has 8 nitrogen and oxygen atoms in total. The number of aromatic nitrogens is 1. The summed E-state index contributed by atoms with van der Waals surface area (Å²) in [7, 11) is -2.05. The number of Topliss-reactive ketones (excluding diaryl/α,β-unsaturated/α-hetero) is 1. The maximum Gasteiger partial charge on any atom is 0.285 e.